The summed E-state index contributed by atoms with van der Waals surface area (Å²) in [5, 5.41) is 4.80. The first-order valence-electron chi connectivity index (χ1n) is 11.4. The Labute approximate surface area is 193 Å². The molecule has 4 aromatic carbocycles. The van der Waals surface area contributed by atoms with Gasteiger partial charge in [-0.2, -0.15) is 0 Å². The highest BCUT2D eigenvalue weighted by Gasteiger charge is 2.22. The van der Waals surface area contributed by atoms with Crippen LogP contribution in [0.25, 0.3) is 55.1 Å². The van der Waals surface area contributed by atoms with Crippen molar-refractivity contribution < 1.29 is 8.98 Å². The quantitative estimate of drug-likeness (QED) is 0.257. The predicted octanol–water partition coefficient (Wildman–Crippen LogP) is 7.82. The van der Waals surface area contributed by atoms with E-state index in [0.29, 0.717) is 0 Å². The molecule has 0 aliphatic rings. The van der Waals surface area contributed by atoms with Crippen LogP contribution in [0.1, 0.15) is 16.7 Å². The maximum absolute atomic E-state index is 6.73. The van der Waals surface area contributed by atoms with Crippen LogP contribution in [0.2, 0.25) is 0 Å². The topological polar surface area (TPSA) is 17.0 Å². The van der Waals surface area contributed by atoms with Crippen molar-refractivity contribution in [2.24, 2.45) is 7.05 Å². The Morgan fingerprint density at radius 3 is 2.27 bits per heavy atom. The third kappa shape index (κ3) is 3.06. The van der Waals surface area contributed by atoms with Crippen molar-refractivity contribution >= 4 is 32.7 Å². The largest absolute Gasteiger partial charge is 0.454 e. The molecule has 6 aromatic rings. The molecule has 0 bridgehead atoms. The molecule has 0 amide bonds. The molecule has 0 N–H and O–H groups in total. The van der Waals surface area contributed by atoms with E-state index in [4.69, 9.17) is 4.42 Å². The summed E-state index contributed by atoms with van der Waals surface area (Å²) < 4.78 is 8.94. The van der Waals surface area contributed by atoms with Gasteiger partial charge in [0.05, 0.1) is 5.56 Å². The molecule has 0 unspecified atom stereocenters. The van der Waals surface area contributed by atoms with Crippen LogP contribution in [0.4, 0.5) is 0 Å². The highest BCUT2D eigenvalue weighted by Crippen LogP contribution is 2.41. The van der Waals surface area contributed by atoms with Crippen LogP contribution in [0.5, 0.6) is 0 Å². The highest BCUT2D eigenvalue weighted by atomic mass is 16.3. The Bertz CT molecular complexity index is 1700. The number of furan rings is 1. The second kappa shape index (κ2) is 7.31. The number of nitrogens with zero attached hydrogens (tertiary/aromatic N) is 1. The Morgan fingerprint density at radius 2 is 1.42 bits per heavy atom. The monoisotopic (exact) mass is 428 g/mol. The lowest BCUT2D eigenvalue weighted by Gasteiger charge is -2.07. The van der Waals surface area contributed by atoms with Gasteiger partial charge in [0.1, 0.15) is 18.2 Å². The molecular formula is C31H26NO+. The zero-order valence-corrected chi connectivity index (χ0v) is 19.4. The lowest BCUT2D eigenvalue weighted by molar-refractivity contribution is -0.660. The van der Waals surface area contributed by atoms with E-state index in [1.54, 1.807) is 0 Å². The molecule has 0 spiro atoms. The number of fused-ring (bicyclic) bond motifs is 4. The van der Waals surface area contributed by atoms with Crippen molar-refractivity contribution in [3.05, 3.63) is 102 Å². The first-order valence-corrected chi connectivity index (χ1v) is 11.4. The first kappa shape index (κ1) is 19.8. The summed E-state index contributed by atoms with van der Waals surface area (Å²) in [6.45, 7) is 6.50. The minimum absolute atomic E-state index is 0.945. The summed E-state index contributed by atoms with van der Waals surface area (Å²) in [6, 6.07) is 28.3. The molecule has 2 heterocycles. The van der Waals surface area contributed by atoms with Gasteiger partial charge in [-0.3, -0.25) is 0 Å². The van der Waals surface area contributed by atoms with Gasteiger partial charge >= 0.3 is 0 Å². The van der Waals surface area contributed by atoms with Gasteiger partial charge in [0.2, 0.25) is 5.69 Å². The molecule has 0 saturated heterocycles. The molecule has 2 aromatic heterocycles. The summed E-state index contributed by atoms with van der Waals surface area (Å²) in [4.78, 5) is 0. The summed E-state index contributed by atoms with van der Waals surface area (Å²) in [5.74, 6) is 0. The van der Waals surface area contributed by atoms with E-state index in [-0.39, 0.29) is 0 Å². The van der Waals surface area contributed by atoms with Gasteiger partial charge in [0, 0.05) is 28.0 Å². The second-order valence-electron chi connectivity index (χ2n) is 9.12. The minimum atomic E-state index is 0.945. The average molecular weight is 429 g/mol. The van der Waals surface area contributed by atoms with E-state index in [1.165, 1.54) is 44.3 Å². The summed E-state index contributed by atoms with van der Waals surface area (Å²) >= 11 is 0. The van der Waals surface area contributed by atoms with E-state index in [2.05, 4.69) is 117 Å². The Balaban J connectivity index is 1.66. The van der Waals surface area contributed by atoms with Gasteiger partial charge < -0.3 is 4.42 Å². The van der Waals surface area contributed by atoms with E-state index in [1.807, 2.05) is 0 Å². The number of hydrogen-bond acceptors (Lipinski definition) is 1. The molecule has 0 aliphatic heterocycles. The second-order valence-corrected chi connectivity index (χ2v) is 9.12. The zero-order chi connectivity index (χ0) is 22.7. The van der Waals surface area contributed by atoms with Crippen molar-refractivity contribution in [1.29, 1.82) is 0 Å². The molecule has 6 rings (SSSR count). The van der Waals surface area contributed by atoms with E-state index >= 15 is 0 Å². The van der Waals surface area contributed by atoms with Crippen LogP contribution in [0, 0.1) is 20.8 Å². The van der Waals surface area contributed by atoms with Crippen molar-refractivity contribution in [3.8, 4) is 22.4 Å². The Hall–Kier alpha value is -3.91. The lowest BCUT2D eigenvalue weighted by atomic mass is 9.97. The van der Waals surface area contributed by atoms with Gasteiger partial charge in [-0.25, -0.2) is 4.57 Å². The Morgan fingerprint density at radius 1 is 0.636 bits per heavy atom. The van der Waals surface area contributed by atoms with Crippen LogP contribution in [0.3, 0.4) is 0 Å². The fourth-order valence-electron chi connectivity index (χ4n) is 4.99. The summed E-state index contributed by atoms with van der Waals surface area (Å²) in [7, 11) is 2.11. The normalized spacial score (nSPS) is 11.6. The molecule has 160 valence electrons. The molecule has 2 heteroatoms. The van der Waals surface area contributed by atoms with Gasteiger partial charge in [-0.1, -0.05) is 66.7 Å². The molecule has 0 fully saturated rings. The molecule has 0 aliphatic carbocycles. The third-order valence-corrected chi connectivity index (χ3v) is 6.93. The maximum Gasteiger partial charge on any atom is 0.216 e. The number of benzene rings is 4. The number of hydrogen-bond donors (Lipinski definition) is 0. The number of aromatic nitrogens is 1. The van der Waals surface area contributed by atoms with E-state index < -0.39 is 0 Å². The van der Waals surface area contributed by atoms with Crippen LogP contribution in [0.15, 0.2) is 89.5 Å². The van der Waals surface area contributed by atoms with Gasteiger partial charge in [0.25, 0.3) is 0 Å². The Kier molecular flexibility index (Phi) is 4.38. The van der Waals surface area contributed by atoms with Crippen molar-refractivity contribution in [1.82, 2.24) is 0 Å². The molecule has 0 saturated carbocycles. The fourth-order valence-corrected chi connectivity index (χ4v) is 4.99. The van der Waals surface area contributed by atoms with Crippen LogP contribution in [-0.2, 0) is 7.05 Å². The number of pyridine rings is 1. The standard InChI is InChI=1S/C31H26NO/c1-19-12-15-27-26-11-7-10-25(24-14-13-22-8-5-6-9-23(22)17-24)30(26)33-31(27)29(19)28-16-20(2)21(3)18-32(28)4/h5-18H,1-4H3/q+1. The van der Waals surface area contributed by atoms with Crippen LogP contribution >= 0.6 is 0 Å². The van der Waals surface area contributed by atoms with E-state index in [0.717, 1.165) is 27.5 Å². The number of aryl methyl sites for hydroxylation is 4. The molecule has 2 nitrogen and oxygen atoms in total. The molecular weight excluding hydrogens is 402 g/mol. The summed E-state index contributed by atoms with van der Waals surface area (Å²) in [5.41, 5.74) is 10.3. The maximum atomic E-state index is 6.73. The van der Waals surface area contributed by atoms with Crippen LogP contribution < -0.4 is 4.57 Å². The van der Waals surface area contributed by atoms with Crippen LogP contribution in [-0.4, -0.2) is 0 Å². The molecule has 0 radical (unpaired) electrons. The fraction of sp³-hybridized carbons (Fsp3) is 0.129. The smallest absolute Gasteiger partial charge is 0.216 e. The van der Waals surface area contributed by atoms with Crippen molar-refractivity contribution in [3.63, 3.8) is 0 Å². The third-order valence-electron chi connectivity index (χ3n) is 6.93. The first-order chi connectivity index (χ1) is 16.0. The van der Waals surface area contributed by atoms with Gasteiger partial charge in [-0.05, 0) is 54.3 Å². The molecule has 33 heavy (non-hydrogen) atoms. The zero-order valence-electron chi connectivity index (χ0n) is 19.4. The van der Waals surface area contributed by atoms with Gasteiger partial charge in [-0.15, -0.1) is 0 Å². The van der Waals surface area contributed by atoms with Gasteiger partial charge in [0.15, 0.2) is 6.20 Å². The predicted molar refractivity (Wildman–Crippen MR) is 137 cm³/mol. The lowest BCUT2D eigenvalue weighted by Crippen LogP contribution is -2.31. The minimum Gasteiger partial charge on any atom is -0.454 e. The highest BCUT2D eigenvalue weighted by molar-refractivity contribution is 6.13. The van der Waals surface area contributed by atoms with E-state index in [9.17, 15) is 0 Å². The van der Waals surface area contributed by atoms with Crippen molar-refractivity contribution in [2.45, 2.75) is 20.8 Å². The number of para-hydroxylation sites is 1. The van der Waals surface area contributed by atoms with Crippen molar-refractivity contribution in [2.75, 3.05) is 0 Å². The summed E-state index contributed by atoms with van der Waals surface area (Å²) in [6.07, 6.45) is 2.20. The average Bonchev–Trinajstić information content (AvgIpc) is 3.20. The molecule has 0 atom stereocenters. The SMILES string of the molecule is Cc1cc(-c2c(C)ccc3c2oc2c(-c4ccc5ccccc5c4)cccc23)[n+](C)cc1C. The number of rotatable bonds is 2.